The first-order valence-corrected chi connectivity index (χ1v) is 7.74. The molecule has 1 atom stereocenters. The van der Waals surface area contributed by atoms with Crippen molar-refractivity contribution in [2.24, 2.45) is 0 Å². The summed E-state index contributed by atoms with van der Waals surface area (Å²) >= 11 is 0. The third-order valence-corrected chi connectivity index (χ3v) is 3.06. The lowest BCUT2D eigenvalue weighted by Crippen LogP contribution is -2.32. The van der Waals surface area contributed by atoms with Crippen LogP contribution >= 0.6 is 0 Å². The predicted molar refractivity (Wildman–Crippen MR) is 77.9 cm³/mol. The van der Waals surface area contributed by atoms with E-state index in [1.807, 2.05) is 13.8 Å². The van der Waals surface area contributed by atoms with Gasteiger partial charge < -0.3 is 14.8 Å². The van der Waals surface area contributed by atoms with Gasteiger partial charge in [-0.2, -0.15) is 0 Å². The van der Waals surface area contributed by atoms with Crippen molar-refractivity contribution < 1.29 is 9.47 Å². The van der Waals surface area contributed by atoms with Crippen LogP contribution in [0.3, 0.4) is 0 Å². The van der Waals surface area contributed by atoms with Crippen molar-refractivity contribution in [3.05, 3.63) is 0 Å². The molecule has 0 aliphatic rings. The highest BCUT2D eigenvalue weighted by Crippen LogP contribution is 2.07. The van der Waals surface area contributed by atoms with Crippen LogP contribution in [0.25, 0.3) is 0 Å². The van der Waals surface area contributed by atoms with E-state index in [-0.39, 0.29) is 6.29 Å². The smallest absolute Gasteiger partial charge is 0.158 e. The van der Waals surface area contributed by atoms with Crippen LogP contribution in [0, 0.1) is 0 Å². The van der Waals surface area contributed by atoms with Gasteiger partial charge in [0.25, 0.3) is 0 Å². The van der Waals surface area contributed by atoms with Crippen molar-refractivity contribution in [1.29, 1.82) is 0 Å². The lowest BCUT2D eigenvalue weighted by atomic mass is 10.1. The second kappa shape index (κ2) is 13.3. The van der Waals surface area contributed by atoms with Crippen molar-refractivity contribution in [1.82, 2.24) is 5.32 Å². The van der Waals surface area contributed by atoms with E-state index in [9.17, 15) is 0 Å². The lowest BCUT2D eigenvalue weighted by Gasteiger charge is -2.21. The monoisotopic (exact) mass is 259 g/mol. The molecular formula is C15H33NO2. The van der Waals surface area contributed by atoms with Crippen LogP contribution in [-0.2, 0) is 9.47 Å². The van der Waals surface area contributed by atoms with E-state index in [1.54, 1.807) is 0 Å². The van der Waals surface area contributed by atoms with E-state index in [2.05, 4.69) is 19.2 Å². The molecule has 3 heteroatoms. The molecule has 1 N–H and O–H groups in total. The molecule has 0 saturated heterocycles. The first kappa shape index (κ1) is 17.9. The SMILES string of the molecule is CCCCC(CCC)NCCC(OCC)OCC. The van der Waals surface area contributed by atoms with Crippen LogP contribution in [0.15, 0.2) is 0 Å². The highest BCUT2D eigenvalue weighted by Gasteiger charge is 2.10. The topological polar surface area (TPSA) is 30.5 Å². The molecule has 0 rings (SSSR count). The molecule has 1 unspecified atom stereocenters. The van der Waals surface area contributed by atoms with E-state index in [1.165, 1.54) is 32.1 Å². The molecule has 110 valence electrons. The van der Waals surface area contributed by atoms with Gasteiger partial charge in [-0.25, -0.2) is 0 Å². The highest BCUT2D eigenvalue weighted by molar-refractivity contribution is 4.66. The fourth-order valence-corrected chi connectivity index (χ4v) is 2.14. The number of rotatable bonds is 13. The minimum Gasteiger partial charge on any atom is -0.353 e. The van der Waals surface area contributed by atoms with Crippen LogP contribution in [0.2, 0.25) is 0 Å². The molecule has 18 heavy (non-hydrogen) atoms. The summed E-state index contributed by atoms with van der Waals surface area (Å²) in [7, 11) is 0. The summed E-state index contributed by atoms with van der Waals surface area (Å²) in [6, 6.07) is 0.666. The average Bonchev–Trinajstić information content (AvgIpc) is 2.36. The molecule has 0 aliphatic carbocycles. The summed E-state index contributed by atoms with van der Waals surface area (Å²) < 4.78 is 11.1. The molecule has 0 fully saturated rings. The van der Waals surface area contributed by atoms with Crippen LogP contribution in [0.5, 0.6) is 0 Å². The molecule has 0 aromatic rings. The Hall–Kier alpha value is -0.120. The second-order valence-electron chi connectivity index (χ2n) is 4.71. The molecule has 0 bridgehead atoms. The van der Waals surface area contributed by atoms with E-state index in [4.69, 9.17) is 9.47 Å². The summed E-state index contributed by atoms with van der Waals surface area (Å²) in [6.45, 7) is 11.0. The average molecular weight is 259 g/mol. The summed E-state index contributed by atoms with van der Waals surface area (Å²) in [4.78, 5) is 0. The Morgan fingerprint density at radius 1 is 0.833 bits per heavy atom. The zero-order valence-electron chi connectivity index (χ0n) is 12.8. The molecule has 0 radical (unpaired) electrons. The fourth-order valence-electron chi connectivity index (χ4n) is 2.14. The van der Waals surface area contributed by atoms with Crippen molar-refractivity contribution in [2.45, 2.75) is 78.6 Å². The maximum Gasteiger partial charge on any atom is 0.158 e. The van der Waals surface area contributed by atoms with Gasteiger partial charge >= 0.3 is 0 Å². The predicted octanol–water partition coefficient (Wildman–Crippen LogP) is 3.72. The van der Waals surface area contributed by atoms with Crippen LogP contribution in [-0.4, -0.2) is 32.1 Å². The van der Waals surface area contributed by atoms with Crippen LogP contribution in [0.1, 0.15) is 66.2 Å². The molecular weight excluding hydrogens is 226 g/mol. The quantitative estimate of drug-likeness (QED) is 0.511. The van der Waals surface area contributed by atoms with Crippen molar-refractivity contribution >= 4 is 0 Å². The zero-order chi connectivity index (χ0) is 13.6. The molecule has 0 heterocycles. The van der Waals surface area contributed by atoms with Gasteiger partial charge in [0, 0.05) is 32.2 Å². The Balaban J connectivity index is 3.78. The molecule has 0 amide bonds. The van der Waals surface area contributed by atoms with Gasteiger partial charge in [0.1, 0.15) is 0 Å². The summed E-state index contributed by atoms with van der Waals surface area (Å²) in [5.41, 5.74) is 0. The van der Waals surface area contributed by atoms with Crippen molar-refractivity contribution in [3.63, 3.8) is 0 Å². The summed E-state index contributed by atoms with van der Waals surface area (Å²) in [6.07, 6.45) is 7.31. The van der Waals surface area contributed by atoms with E-state index >= 15 is 0 Å². The number of hydrogen-bond donors (Lipinski definition) is 1. The maximum atomic E-state index is 5.54. The van der Waals surface area contributed by atoms with Crippen molar-refractivity contribution in [3.8, 4) is 0 Å². The highest BCUT2D eigenvalue weighted by atomic mass is 16.7. The molecule has 0 spiro atoms. The Morgan fingerprint density at radius 3 is 2.00 bits per heavy atom. The normalized spacial score (nSPS) is 13.2. The molecule has 0 saturated carbocycles. The third-order valence-electron chi connectivity index (χ3n) is 3.06. The largest absolute Gasteiger partial charge is 0.353 e. The summed E-state index contributed by atoms with van der Waals surface area (Å²) in [5, 5.41) is 3.64. The van der Waals surface area contributed by atoms with E-state index < -0.39 is 0 Å². The van der Waals surface area contributed by atoms with E-state index in [0.717, 1.165) is 26.2 Å². The first-order chi connectivity index (χ1) is 8.78. The van der Waals surface area contributed by atoms with Gasteiger partial charge in [-0.3, -0.25) is 0 Å². The lowest BCUT2D eigenvalue weighted by molar-refractivity contribution is -0.138. The van der Waals surface area contributed by atoms with Gasteiger partial charge in [-0.15, -0.1) is 0 Å². The minimum atomic E-state index is -0.0408. The number of hydrogen-bond acceptors (Lipinski definition) is 3. The van der Waals surface area contributed by atoms with Gasteiger partial charge in [0.05, 0.1) is 0 Å². The number of unbranched alkanes of at least 4 members (excludes halogenated alkanes) is 1. The zero-order valence-corrected chi connectivity index (χ0v) is 12.8. The maximum absolute atomic E-state index is 5.54. The second-order valence-corrected chi connectivity index (χ2v) is 4.71. The molecule has 3 nitrogen and oxygen atoms in total. The first-order valence-electron chi connectivity index (χ1n) is 7.74. The van der Waals surface area contributed by atoms with Gasteiger partial charge in [-0.1, -0.05) is 33.1 Å². The Kier molecular flexibility index (Phi) is 13.2. The standard InChI is InChI=1S/C15H33NO2/c1-5-9-11-14(10-6-2)16-13-12-15(17-7-3)18-8-4/h14-16H,5-13H2,1-4H3. The Labute approximate surface area is 114 Å². The molecule has 0 aromatic carbocycles. The van der Waals surface area contributed by atoms with Gasteiger partial charge in [0.2, 0.25) is 0 Å². The van der Waals surface area contributed by atoms with E-state index in [0.29, 0.717) is 6.04 Å². The third kappa shape index (κ3) is 9.86. The number of nitrogens with one attached hydrogen (secondary N) is 1. The van der Waals surface area contributed by atoms with Gasteiger partial charge in [-0.05, 0) is 26.7 Å². The van der Waals surface area contributed by atoms with Crippen LogP contribution in [0.4, 0.5) is 0 Å². The Bertz CT molecular complexity index is 159. The number of ether oxygens (including phenoxy) is 2. The van der Waals surface area contributed by atoms with Crippen molar-refractivity contribution in [2.75, 3.05) is 19.8 Å². The minimum absolute atomic E-state index is 0.0408. The fraction of sp³-hybridized carbons (Fsp3) is 1.00. The molecule has 0 aromatic heterocycles. The Morgan fingerprint density at radius 2 is 1.50 bits per heavy atom. The van der Waals surface area contributed by atoms with Crippen LogP contribution < -0.4 is 5.32 Å². The van der Waals surface area contributed by atoms with Gasteiger partial charge in [0.15, 0.2) is 6.29 Å². The molecule has 0 aliphatic heterocycles. The summed E-state index contributed by atoms with van der Waals surface area (Å²) in [5.74, 6) is 0.